The van der Waals surface area contributed by atoms with Gasteiger partial charge in [0.1, 0.15) is 17.5 Å². The highest BCUT2D eigenvalue weighted by molar-refractivity contribution is 5.95. The first kappa shape index (κ1) is 26.9. The Hall–Kier alpha value is -4.19. The maximum absolute atomic E-state index is 13.0. The van der Waals surface area contributed by atoms with E-state index >= 15 is 0 Å². The lowest BCUT2D eigenvalue weighted by Gasteiger charge is -2.19. The second-order valence-electron chi connectivity index (χ2n) is 9.57. The number of nitrogens with zero attached hydrogens (tertiary/aromatic N) is 3. The number of hydrogen-bond donors (Lipinski definition) is 3. The highest BCUT2D eigenvalue weighted by Gasteiger charge is 2.17. The number of nitrogens with one attached hydrogen (secondary N) is 1. The summed E-state index contributed by atoms with van der Waals surface area (Å²) in [6.45, 7) is 5.40. The molecule has 2 atom stereocenters. The van der Waals surface area contributed by atoms with Gasteiger partial charge in [0.25, 0.3) is 5.91 Å². The molecule has 0 saturated carbocycles. The van der Waals surface area contributed by atoms with E-state index in [-0.39, 0.29) is 24.7 Å². The van der Waals surface area contributed by atoms with Crippen molar-refractivity contribution >= 4 is 11.6 Å². The van der Waals surface area contributed by atoms with Gasteiger partial charge >= 0.3 is 0 Å². The summed E-state index contributed by atoms with van der Waals surface area (Å²) in [5.41, 5.74) is 4.87. The van der Waals surface area contributed by atoms with Gasteiger partial charge in [-0.3, -0.25) is 4.79 Å². The summed E-state index contributed by atoms with van der Waals surface area (Å²) >= 11 is 0. The molecule has 0 saturated heterocycles. The van der Waals surface area contributed by atoms with E-state index in [1.165, 1.54) is 6.07 Å². The minimum absolute atomic E-state index is 0.0689. The van der Waals surface area contributed by atoms with Crippen molar-refractivity contribution in [2.75, 3.05) is 6.61 Å². The Kier molecular flexibility index (Phi) is 8.41. The number of aliphatic hydroxyl groups excluding tert-OH is 2. The van der Waals surface area contributed by atoms with Crippen molar-refractivity contribution in [3.63, 3.8) is 0 Å². The number of rotatable bonds is 10. The van der Waals surface area contributed by atoms with Crippen LogP contribution >= 0.6 is 0 Å². The predicted molar refractivity (Wildman–Crippen MR) is 145 cm³/mol. The third kappa shape index (κ3) is 6.20. The van der Waals surface area contributed by atoms with Gasteiger partial charge in [-0.1, -0.05) is 30.3 Å². The van der Waals surface area contributed by atoms with Gasteiger partial charge in [0.2, 0.25) is 0 Å². The zero-order valence-corrected chi connectivity index (χ0v) is 21.8. The Morgan fingerprint density at radius 3 is 2.58 bits per heavy atom. The highest BCUT2D eigenvalue weighted by atomic mass is 16.5. The highest BCUT2D eigenvalue weighted by Crippen LogP contribution is 2.25. The summed E-state index contributed by atoms with van der Waals surface area (Å²) in [7, 11) is 0. The van der Waals surface area contributed by atoms with Crippen LogP contribution in [-0.2, 0) is 6.42 Å². The fourth-order valence-electron chi connectivity index (χ4n) is 4.36. The number of pyridine rings is 1. The van der Waals surface area contributed by atoms with Gasteiger partial charge in [0.15, 0.2) is 0 Å². The average molecular weight is 513 g/mol. The quantitative estimate of drug-likeness (QED) is 0.289. The fourth-order valence-corrected chi connectivity index (χ4v) is 4.36. The first-order valence-corrected chi connectivity index (χ1v) is 12.7. The molecule has 8 nitrogen and oxygen atoms in total. The van der Waals surface area contributed by atoms with Gasteiger partial charge in [-0.25, -0.2) is 4.98 Å². The first-order valence-electron chi connectivity index (χ1n) is 12.7. The average Bonchev–Trinajstić information content (AvgIpc) is 3.33. The van der Waals surface area contributed by atoms with Crippen molar-refractivity contribution in [2.24, 2.45) is 0 Å². The van der Waals surface area contributed by atoms with Gasteiger partial charge in [-0.2, -0.15) is 5.26 Å². The van der Waals surface area contributed by atoms with Crippen LogP contribution in [-0.4, -0.2) is 44.3 Å². The molecule has 8 heteroatoms. The largest absolute Gasteiger partial charge is 0.490 e. The van der Waals surface area contributed by atoms with E-state index < -0.39 is 6.10 Å². The summed E-state index contributed by atoms with van der Waals surface area (Å²) in [4.78, 5) is 17.7. The van der Waals surface area contributed by atoms with Crippen LogP contribution in [0.5, 0.6) is 5.75 Å². The van der Waals surface area contributed by atoms with E-state index in [4.69, 9.17) is 9.72 Å². The molecular weight excluding hydrogens is 480 g/mol. The summed E-state index contributed by atoms with van der Waals surface area (Å²) in [5, 5.41) is 32.1. The predicted octanol–water partition coefficient (Wildman–Crippen LogP) is 4.44. The zero-order chi connectivity index (χ0) is 27.2. The number of amides is 1. The maximum Gasteiger partial charge on any atom is 0.251 e. The molecule has 2 unspecified atom stereocenters. The minimum Gasteiger partial charge on any atom is -0.490 e. The second kappa shape index (κ2) is 11.9. The van der Waals surface area contributed by atoms with Crippen LogP contribution in [0.25, 0.3) is 16.9 Å². The lowest BCUT2D eigenvalue weighted by molar-refractivity contribution is 0.0930. The number of ether oxygens (including phenoxy) is 1. The summed E-state index contributed by atoms with van der Waals surface area (Å²) in [6, 6.07) is 18.3. The van der Waals surface area contributed by atoms with Gasteiger partial charge < -0.3 is 24.7 Å². The maximum atomic E-state index is 13.0. The molecule has 4 aromatic rings. The molecular formula is C30H32N4O4. The molecule has 0 aliphatic heterocycles. The fraction of sp³-hybridized carbons (Fsp3) is 0.300. The van der Waals surface area contributed by atoms with Crippen LogP contribution in [0.2, 0.25) is 0 Å². The summed E-state index contributed by atoms with van der Waals surface area (Å²) in [5.74, 6) is 0.130. The number of hydrogen-bond acceptors (Lipinski definition) is 6. The Bertz CT molecular complexity index is 1450. The number of fused-ring (bicyclic) bond motifs is 1. The molecule has 4 rings (SSSR count). The SMILES string of the molecule is CC(C)Oc1ccc(C(=O)NC(CCO)Cc2ccc(-c3cn4cccc(C(C)O)c4n3)cc2)cc1C#N. The summed E-state index contributed by atoms with van der Waals surface area (Å²) < 4.78 is 7.54. The molecule has 38 heavy (non-hydrogen) atoms. The van der Waals surface area contributed by atoms with Gasteiger partial charge in [0, 0.05) is 41.7 Å². The Morgan fingerprint density at radius 1 is 1.16 bits per heavy atom. The van der Waals surface area contributed by atoms with Crippen molar-refractivity contribution in [3.05, 3.63) is 89.2 Å². The molecule has 0 spiro atoms. The summed E-state index contributed by atoms with van der Waals surface area (Å²) in [6.07, 6.45) is 4.05. The van der Waals surface area contributed by atoms with Crippen LogP contribution in [0.15, 0.2) is 67.0 Å². The van der Waals surface area contributed by atoms with Gasteiger partial charge in [-0.05, 0) is 63.4 Å². The van der Waals surface area contributed by atoms with Crippen molar-refractivity contribution in [1.29, 1.82) is 5.26 Å². The van der Waals surface area contributed by atoms with Crippen molar-refractivity contribution in [3.8, 4) is 23.1 Å². The monoisotopic (exact) mass is 512 g/mol. The van der Waals surface area contributed by atoms with E-state index in [0.717, 1.165) is 28.0 Å². The minimum atomic E-state index is -0.618. The zero-order valence-electron chi connectivity index (χ0n) is 21.8. The van der Waals surface area contributed by atoms with E-state index in [9.17, 15) is 20.3 Å². The molecule has 0 fully saturated rings. The normalized spacial score (nSPS) is 12.8. The van der Waals surface area contributed by atoms with Gasteiger partial charge in [0.05, 0.1) is 23.5 Å². The molecule has 0 bridgehead atoms. The molecule has 2 heterocycles. The van der Waals surface area contributed by atoms with Crippen LogP contribution in [0, 0.1) is 11.3 Å². The molecule has 0 aliphatic carbocycles. The number of carbonyl (C=O) groups excluding carboxylic acids is 1. The standard InChI is InChI=1S/C30H32N4O4/c1-19(2)38-28-11-10-23(16-24(28)17-31)30(37)32-25(12-14-35)15-21-6-8-22(9-7-21)27-18-34-13-4-5-26(20(3)36)29(34)33-27/h4-11,13,16,18-20,25,35-36H,12,14-15H2,1-3H3,(H,32,37). The molecule has 3 N–H and O–H groups in total. The molecule has 2 aromatic heterocycles. The third-order valence-electron chi connectivity index (χ3n) is 6.23. The molecule has 0 aliphatic rings. The Balaban J connectivity index is 1.47. The third-order valence-corrected chi connectivity index (χ3v) is 6.23. The topological polar surface area (TPSA) is 120 Å². The molecule has 0 radical (unpaired) electrons. The van der Waals surface area contributed by atoms with Crippen molar-refractivity contribution < 1.29 is 19.7 Å². The Labute approximate surface area is 222 Å². The first-order chi connectivity index (χ1) is 18.3. The second-order valence-corrected chi connectivity index (χ2v) is 9.57. The van der Waals surface area contributed by atoms with Crippen LogP contribution in [0.4, 0.5) is 0 Å². The number of benzene rings is 2. The number of aliphatic hydroxyl groups is 2. The number of aromatic nitrogens is 2. The Morgan fingerprint density at radius 2 is 1.92 bits per heavy atom. The van der Waals surface area contributed by atoms with Crippen molar-refractivity contribution in [1.82, 2.24) is 14.7 Å². The van der Waals surface area contributed by atoms with E-state index in [1.807, 2.05) is 67.0 Å². The molecule has 1 amide bonds. The lowest BCUT2D eigenvalue weighted by Crippen LogP contribution is -2.37. The number of imidazole rings is 1. The van der Waals surface area contributed by atoms with Crippen molar-refractivity contribution in [2.45, 2.75) is 51.9 Å². The smallest absolute Gasteiger partial charge is 0.251 e. The van der Waals surface area contributed by atoms with Gasteiger partial charge in [-0.15, -0.1) is 0 Å². The number of nitriles is 1. The van der Waals surface area contributed by atoms with E-state index in [1.54, 1.807) is 19.1 Å². The van der Waals surface area contributed by atoms with E-state index in [2.05, 4.69) is 11.4 Å². The molecule has 196 valence electrons. The van der Waals surface area contributed by atoms with Crippen LogP contribution < -0.4 is 10.1 Å². The van der Waals surface area contributed by atoms with Crippen LogP contribution in [0.3, 0.4) is 0 Å². The van der Waals surface area contributed by atoms with E-state index in [0.29, 0.717) is 29.7 Å². The van der Waals surface area contributed by atoms with Crippen LogP contribution in [0.1, 0.15) is 60.3 Å². The molecule has 2 aromatic carbocycles. The number of carbonyl (C=O) groups is 1. The lowest BCUT2D eigenvalue weighted by atomic mass is 10.0.